The summed E-state index contributed by atoms with van der Waals surface area (Å²) in [5.41, 5.74) is -0.836. The van der Waals surface area contributed by atoms with Gasteiger partial charge in [-0.1, -0.05) is 6.92 Å². The molecule has 0 aliphatic heterocycles. The lowest BCUT2D eigenvalue weighted by Crippen LogP contribution is -2.23. The lowest BCUT2D eigenvalue weighted by Gasteiger charge is -2.23. The van der Waals surface area contributed by atoms with Gasteiger partial charge in [0.2, 0.25) is 0 Å². The van der Waals surface area contributed by atoms with Crippen molar-refractivity contribution < 1.29 is 19.4 Å². The average Bonchev–Trinajstić information content (AvgIpc) is 2.73. The van der Waals surface area contributed by atoms with Gasteiger partial charge in [0.1, 0.15) is 15.5 Å². The lowest BCUT2D eigenvalue weighted by atomic mass is 10.1. The Bertz CT molecular complexity index is 417. The molecule has 17 heavy (non-hydrogen) atoms. The molecule has 0 amide bonds. The second kappa shape index (κ2) is 4.93. The van der Waals surface area contributed by atoms with Crippen molar-refractivity contribution in [3.8, 4) is 0 Å². The molecule has 1 aromatic rings. The number of carboxylic acid groups (broad SMARTS) is 1. The van der Waals surface area contributed by atoms with Crippen LogP contribution >= 0.6 is 11.3 Å². The molecule has 94 valence electrons. The Morgan fingerprint density at radius 3 is 2.41 bits per heavy atom. The summed E-state index contributed by atoms with van der Waals surface area (Å²) in [6.07, 6.45) is 0.646. The normalized spacial score (nSPS) is 14.4. The van der Waals surface area contributed by atoms with Gasteiger partial charge in [-0.25, -0.2) is 9.78 Å². The number of nitrogens with zero attached hydrogens (tertiary/aromatic N) is 1. The van der Waals surface area contributed by atoms with E-state index in [0.29, 0.717) is 11.4 Å². The smallest absolute Gasteiger partial charge is 0.356 e. The zero-order valence-corrected chi connectivity index (χ0v) is 11.1. The van der Waals surface area contributed by atoms with Crippen LogP contribution in [0.1, 0.15) is 52.4 Å². The van der Waals surface area contributed by atoms with Crippen LogP contribution in [0.3, 0.4) is 0 Å². The molecule has 0 saturated heterocycles. The highest BCUT2D eigenvalue weighted by molar-refractivity contribution is 7.14. The molecule has 1 atom stereocenters. The van der Waals surface area contributed by atoms with Gasteiger partial charge in [-0.05, 0) is 13.3 Å². The van der Waals surface area contributed by atoms with Gasteiger partial charge in [0.15, 0.2) is 11.5 Å². The van der Waals surface area contributed by atoms with Crippen molar-refractivity contribution in [2.45, 2.75) is 32.8 Å². The number of rotatable bonds is 5. The maximum atomic E-state index is 11.4. The van der Waals surface area contributed by atoms with E-state index in [1.807, 2.05) is 13.8 Å². The minimum absolute atomic E-state index is 0.171. The van der Waals surface area contributed by atoms with Crippen LogP contribution in [0.25, 0.3) is 0 Å². The van der Waals surface area contributed by atoms with E-state index in [2.05, 4.69) is 4.98 Å². The van der Waals surface area contributed by atoms with Gasteiger partial charge in [0, 0.05) is 14.0 Å². The van der Waals surface area contributed by atoms with Crippen LogP contribution in [0.15, 0.2) is 0 Å². The molecule has 1 rings (SSSR count). The number of hydrogen-bond donors (Lipinski definition) is 1. The molecule has 1 aromatic heterocycles. The molecule has 0 fully saturated rings. The van der Waals surface area contributed by atoms with E-state index in [1.165, 1.54) is 6.92 Å². The van der Waals surface area contributed by atoms with E-state index in [1.54, 1.807) is 7.11 Å². The van der Waals surface area contributed by atoms with E-state index < -0.39 is 11.6 Å². The van der Waals surface area contributed by atoms with Crippen LogP contribution in [-0.4, -0.2) is 29.0 Å². The van der Waals surface area contributed by atoms with Crippen molar-refractivity contribution >= 4 is 23.1 Å². The number of carbonyl (C=O) groups is 2. The molecule has 1 heterocycles. The molecule has 0 saturated carbocycles. The van der Waals surface area contributed by atoms with Crippen LogP contribution in [-0.2, 0) is 10.3 Å². The van der Waals surface area contributed by atoms with Crippen LogP contribution in [0.5, 0.6) is 0 Å². The second-order valence-corrected chi connectivity index (χ2v) is 4.85. The maximum absolute atomic E-state index is 11.4. The number of methoxy groups -OCH3 is 1. The van der Waals surface area contributed by atoms with E-state index >= 15 is 0 Å². The maximum Gasteiger partial charge on any atom is 0.356 e. The largest absolute Gasteiger partial charge is 0.476 e. The average molecular weight is 257 g/mol. The quantitative estimate of drug-likeness (QED) is 0.819. The van der Waals surface area contributed by atoms with Gasteiger partial charge < -0.3 is 9.84 Å². The molecule has 6 heteroatoms. The van der Waals surface area contributed by atoms with Crippen molar-refractivity contribution in [2.75, 3.05) is 7.11 Å². The summed E-state index contributed by atoms with van der Waals surface area (Å²) in [4.78, 5) is 26.5. The predicted molar refractivity (Wildman–Crippen MR) is 63.7 cm³/mol. The molecular weight excluding hydrogens is 242 g/mol. The van der Waals surface area contributed by atoms with Gasteiger partial charge >= 0.3 is 5.97 Å². The minimum Gasteiger partial charge on any atom is -0.476 e. The Hall–Kier alpha value is -1.27. The predicted octanol–water partition coefficient (Wildman–Crippen LogP) is 2.32. The Kier molecular flexibility index (Phi) is 4.00. The number of hydrogen-bond acceptors (Lipinski definition) is 5. The fourth-order valence-corrected chi connectivity index (χ4v) is 2.46. The van der Waals surface area contributed by atoms with Crippen molar-refractivity contribution in [2.24, 2.45) is 0 Å². The third-order valence-corrected chi connectivity index (χ3v) is 4.13. The summed E-state index contributed by atoms with van der Waals surface area (Å²) in [6, 6.07) is 0. The Labute approximate surface area is 103 Å². The summed E-state index contributed by atoms with van der Waals surface area (Å²) in [6.45, 7) is 5.07. The molecule has 1 unspecified atom stereocenters. The zero-order chi connectivity index (χ0) is 13.2. The lowest BCUT2D eigenvalue weighted by molar-refractivity contribution is -0.00168. The highest BCUT2D eigenvalue weighted by atomic mass is 32.1. The van der Waals surface area contributed by atoms with Gasteiger partial charge in [0.05, 0.1) is 0 Å². The number of aromatic nitrogens is 1. The number of Topliss-reactive ketones (excluding diaryl/α,β-unsaturated/α-hetero) is 1. The van der Waals surface area contributed by atoms with E-state index in [0.717, 1.165) is 11.3 Å². The van der Waals surface area contributed by atoms with Gasteiger partial charge in [0.25, 0.3) is 0 Å². The van der Waals surface area contributed by atoms with E-state index in [4.69, 9.17) is 9.84 Å². The number of ether oxygens (including phenoxy) is 1. The fraction of sp³-hybridized carbons (Fsp3) is 0.545. The van der Waals surface area contributed by atoms with Crippen LogP contribution in [0.4, 0.5) is 0 Å². The Morgan fingerprint density at radius 1 is 1.53 bits per heavy atom. The van der Waals surface area contributed by atoms with Crippen LogP contribution in [0, 0.1) is 0 Å². The SMILES string of the molecule is CCC(C)(OC)c1nc(C(=O)O)c(C(C)=O)s1. The summed E-state index contributed by atoms with van der Waals surface area (Å²) < 4.78 is 5.34. The third kappa shape index (κ3) is 2.53. The van der Waals surface area contributed by atoms with Crippen LogP contribution in [0.2, 0.25) is 0 Å². The molecule has 5 nitrogen and oxygen atoms in total. The standard InChI is InChI=1S/C11H15NO4S/c1-5-11(3,16-4)10-12-7(9(14)15)8(17-10)6(2)13/h5H2,1-4H3,(H,14,15). The first kappa shape index (κ1) is 13.8. The molecule has 1 N–H and O–H groups in total. The Balaban J connectivity index is 3.34. The van der Waals surface area contributed by atoms with Gasteiger partial charge in [-0.15, -0.1) is 11.3 Å². The van der Waals surface area contributed by atoms with Crippen molar-refractivity contribution in [1.29, 1.82) is 0 Å². The molecule has 0 aromatic carbocycles. The third-order valence-electron chi connectivity index (χ3n) is 2.73. The van der Waals surface area contributed by atoms with Gasteiger partial charge in [-0.3, -0.25) is 4.79 Å². The highest BCUT2D eigenvalue weighted by Crippen LogP contribution is 2.33. The number of carbonyl (C=O) groups excluding carboxylic acids is 1. The molecule has 0 bridgehead atoms. The fourth-order valence-electron chi connectivity index (χ4n) is 1.31. The molecular formula is C11H15NO4S. The monoisotopic (exact) mass is 257 g/mol. The molecule has 0 radical (unpaired) electrons. The zero-order valence-electron chi connectivity index (χ0n) is 10.2. The number of carboxylic acids is 1. The van der Waals surface area contributed by atoms with Crippen molar-refractivity contribution in [1.82, 2.24) is 4.98 Å². The summed E-state index contributed by atoms with van der Waals surface area (Å²) >= 11 is 1.09. The first-order valence-corrected chi connectivity index (χ1v) is 5.98. The van der Waals surface area contributed by atoms with Crippen LogP contribution < -0.4 is 0 Å². The number of ketones is 1. The Morgan fingerprint density at radius 2 is 2.12 bits per heavy atom. The minimum atomic E-state index is -1.19. The highest BCUT2D eigenvalue weighted by Gasteiger charge is 2.31. The topological polar surface area (TPSA) is 76.5 Å². The number of aromatic carboxylic acids is 1. The second-order valence-electron chi connectivity index (χ2n) is 3.85. The first-order valence-electron chi connectivity index (χ1n) is 5.16. The van der Waals surface area contributed by atoms with Crippen molar-refractivity contribution in [3.63, 3.8) is 0 Å². The van der Waals surface area contributed by atoms with E-state index in [-0.39, 0.29) is 16.4 Å². The summed E-state index contributed by atoms with van der Waals surface area (Å²) in [7, 11) is 1.54. The molecule has 0 spiro atoms. The van der Waals surface area contributed by atoms with E-state index in [9.17, 15) is 9.59 Å². The van der Waals surface area contributed by atoms with Gasteiger partial charge in [-0.2, -0.15) is 0 Å². The first-order chi connectivity index (χ1) is 7.85. The summed E-state index contributed by atoms with van der Waals surface area (Å²) in [5, 5.41) is 9.51. The van der Waals surface area contributed by atoms with Crippen molar-refractivity contribution in [3.05, 3.63) is 15.6 Å². The summed E-state index contributed by atoms with van der Waals surface area (Å²) in [5.74, 6) is -1.48. The molecule has 0 aliphatic carbocycles. The number of thiazole rings is 1. The molecule has 0 aliphatic rings.